The molecule has 0 atom stereocenters. The van der Waals surface area contributed by atoms with Crippen molar-refractivity contribution in [3.63, 3.8) is 0 Å². The van der Waals surface area contributed by atoms with Crippen molar-refractivity contribution in [3.05, 3.63) is 40.2 Å². The normalized spacial score (nSPS) is 10.6. The molecule has 2 aromatic heterocycles. The van der Waals surface area contributed by atoms with Crippen molar-refractivity contribution >= 4 is 33.0 Å². The van der Waals surface area contributed by atoms with Gasteiger partial charge in [-0.25, -0.2) is 0 Å². The van der Waals surface area contributed by atoms with Crippen molar-refractivity contribution in [2.75, 3.05) is 12.4 Å². The minimum Gasteiger partial charge on any atom is -0.387 e. The maximum absolute atomic E-state index is 5.35. The third-order valence-electron chi connectivity index (χ3n) is 2.64. The van der Waals surface area contributed by atoms with Crippen LogP contribution >= 0.6 is 27.3 Å². The molecule has 0 fully saturated rings. The van der Waals surface area contributed by atoms with E-state index >= 15 is 0 Å². The van der Waals surface area contributed by atoms with Gasteiger partial charge in [0.05, 0.1) is 10.4 Å². The highest BCUT2D eigenvalue weighted by molar-refractivity contribution is 9.10. The fourth-order valence-corrected chi connectivity index (χ4v) is 3.10. The largest absolute Gasteiger partial charge is 0.387 e. The number of thiophene rings is 1. The zero-order chi connectivity index (χ0) is 13.2. The van der Waals surface area contributed by atoms with E-state index in [2.05, 4.69) is 31.4 Å². The molecule has 1 N–H and O–H groups in total. The Bertz CT molecular complexity index is 707. The number of anilines is 1. The summed E-state index contributed by atoms with van der Waals surface area (Å²) in [7, 11) is 1.87. The maximum atomic E-state index is 5.35. The van der Waals surface area contributed by atoms with Crippen molar-refractivity contribution in [1.29, 1.82) is 0 Å². The van der Waals surface area contributed by atoms with Gasteiger partial charge in [-0.15, -0.1) is 11.3 Å². The summed E-state index contributed by atoms with van der Waals surface area (Å²) in [6.45, 7) is 0. The Kier molecular flexibility index (Phi) is 3.35. The molecule has 6 heteroatoms. The number of benzene rings is 1. The molecule has 0 radical (unpaired) electrons. The molecule has 4 nitrogen and oxygen atoms in total. The molecular formula is C13H10BrN3OS. The lowest BCUT2D eigenvalue weighted by Crippen LogP contribution is -1.91. The first-order chi connectivity index (χ1) is 9.28. The first-order valence-electron chi connectivity index (χ1n) is 5.63. The van der Waals surface area contributed by atoms with Gasteiger partial charge in [0, 0.05) is 22.6 Å². The van der Waals surface area contributed by atoms with Gasteiger partial charge in [-0.05, 0) is 34.1 Å². The topological polar surface area (TPSA) is 51.0 Å². The van der Waals surface area contributed by atoms with Gasteiger partial charge in [0.2, 0.25) is 5.82 Å². The van der Waals surface area contributed by atoms with Crippen LogP contribution in [0.1, 0.15) is 0 Å². The highest BCUT2D eigenvalue weighted by atomic mass is 79.9. The highest BCUT2D eigenvalue weighted by Crippen LogP contribution is 2.31. The summed E-state index contributed by atoms with van der Waals surface area (Å²) in [6, 6.07) is 9.81. The third kappa shape index (κ3) is 2.41. The van der Waals surface area contributed by atoms with Gasteiger partial charge in [0.25, 0.3) is 5.89 Å². The van der Waals surface area contributed by atoms with Crippen LogP contribution in [0.4, 0.5) is 5.69 Å². The summed E-state index contributed by atoms with van der Waals surface area (Å²) in [5, 5.41) is 9.13. The van der Waals surface area contributed by atoms with Crippen LogP contribution < -0.4 is 5.32 Å². The van der Waals surface area contributed by atoms with Crippen LogP contribution in [0.15, 0.2) is 44.7 Å². The molecule has 19 heavy (non-hydrogen) atoms. The van der Waals surface area contributed by atoms with Crippen molar-refractivity contribution in [2.24, 2.45) is 0 Å². The molecule has 3 rings (SSSR count). The fourth-order valence-electron chi connectivity index (χ4n) is 1.75. The molecule has 0 aliphatic carbocycles. The molecule has 3 aromatic rings. The zero-order valence-electron chi connectivity index (χ0n) is 10.1. The van der Waals surface area contributed by atoms with E-state index < -0.39 is 0 Å². The molecular weight excluding hydrogens is 326 g/mol. The van der Waals surface area contributed by atoms with Gasteiger partial charge in [0.1, 0.15) is 0 Å². The minimum atomic E-state index is 0.518. The second kappa shape index (κ2) is 5.14. The van der Waals surface area contributed by atoms with Gasteiger partial charge in [-0.2, -0.15) is 4.98 Å². The van der Waals surface area contributed by atoms with Crippen LogP contribution in [0.5, 0.6) is 0 Å². The van der Waals surface area contributed by atoms with Crippen molar-refractivity contribution in [2.45, 2.75) is 0 Å². The number of hydrogen-bond acceptors (Lipinski definition) is 5. The summed E-state index contributed by atoms with van der Waals surface area (Å²) >= 11 is 4.99. The average Bonchev–Trinajstić information content (AvgIpc) is 3.07. The van der Waals surface area contributed by atoms with Crippen molar-refractivity contribution in [3.8, 4) is 22.2 Å². The van der Waals surface area contributed by atoms with Crippen LogP contribution in [0.25, 0.3) is 22.2 Å². The maximum Gasteiger partial charge on any atom is 0.260 e. The monoisotopic (exact) mass is 335 g/mol. The predicted octanol–water partition coefficient (Wildman–Crippen LogP) is 4.27. The molecule has 0 amide bonds. The van der Waals surface area contributed by atoms with Crippen LogP contribution in [-0.2, 0) is 0 Å². The number of aromatic nitrogens is 2. The van der Waals surface area contributed by atoms with E-state index in [4.69, 9.17) is 4.52 Å². The number of nitrogens with one attached hydrogen (secondary N) is 1. The SMILES string of the molecule is CNc1ccccc1-c1nc(-c2cc(Br)cs2)no1. The third-order valence-corrected chi connectivity index (χ3v) is 4.33. The van der Waals surface area contributed by atoms with E-state index in [0.717, 1.165) is 20.6 Å². The Morgan fingerprint density at radius 3 is 2.89 bits per heavy atom. The van der Waals surface area contributed by atoms with Gasteiger partial charge >= 0.3 is 0 Å². The van der Waals surface area contributed by atoms with E-state index in [1.54, 1.807) is 11.3 Å². The van der Waals surface area contributed by atoms with Crippen LogP contribution in [-0.4, -0.2) is 17.2 Å². The molecule has 96 valence electrons. The molecule has 2 heterocycles. The second-order valence-electron chi connectivity index (χ2n) is 3.85. The Labute approximate surface area is 122 Å². The average molecular weight is 336 g/mol. The van der Waals surface area contributed by atoms with Crippen LogP contribution in [0, 0.1) is 0 Å². The highest BCUT2D eigenvalue weighted by Gasteiger charge is 2.14. The number of para-hydroxylation sites is 1. The molecule has 0 bridgehead atoms. The van der Waals surface area contributed by atoms with Gasteiger partial charge < -0.3 is 9.84 Å². The van der Waals surface area contributed by atoms with E-state index in [-0.39, 0.29) is 0 Å². The summed E-state index contributed by atoms with van der Waals surface area (Å²) in [6.07, 6.45) is 0. The molecule has 0 unspecified atom stereocenters. The first-order valence-corrected chi connectivity index (χ1v) is 7.30. The lowest BCUT2D eigenvalue weighted by Gasteiger charge is -2.03. The van der Waals surface area contributed by atoms with Crippen LogP contribution in [0.2, 0.25) is 0 Å². The van der Waals surface area contributed by atoms with E-state index in [0.29, 0.717) is 11.7 Å². The number of rotatable bonds is 3. The lowest BCUT2D eigenvalue weighted by molar-refractivity contribution is 0.432. The summed E-state index contributed by atoms with van der Waals surface area (Å²) in [5.41, 5.74) is 1.87. The van der Waals surface area contributed by atoms with E-state index in [1.165, 1.54) is 0 Å². The van der Waals surface area contributed by atoms with Crippen molar-refractivity contribution in [1.82, 2.24) is 10.1 Å². The predicted molar refractivity (Wildman–Crippen MR) is 80.3 cm³/mol. The van der Waals surface area contributed by atoms with Crippen molar-refractivity contribution < 1.29 is 4.52 Å². The molecule has 0 saturated carbocycles. The number of nitrogens with zero attached hydrogens (tertiary/aromatic N) is 2. The standard InChI is InChI=1S/C13H10BrN3OS/c1-15-10-5-3-2-4-9(10)13-16-12(17-18-13)11-6-8(14)7-19-11/h2-7,15H,1H3. The van der Waals surface area contributed by atoms with Gasteiger partial charge in [0.15, 0.2) is 0 Å². The van der Waals surface area contributed by atoms with Gasteiger partial charge in [-0.1, -0.05) is 17.3 Å². The van der Waals surface area contributed by atoms with Crippen LogP contribution in [0.3, 0.4) is 0 Å². The molecule has 0 saturated heterocycles. The molecule has 0 aliphatic heterocycles. The van der Waals surface area contributed by atoms with E-state index in [1.807, 2.05) is 42.8 Å². The number of halogens is 1. The van der Waals surface area contributed by atoms with Gasteiger partial charge in [-0.3, -0.25) is 0 Å². The smallest absolute Gasteiger partial charge is 0.260 e. The molecule has 0 aliphatic rings. The molecule has 1 aromatic carbocycles. The zero-order valence-corrected chi connectivity index (χ0v) is 12.5. The first kappa shape index (κ1) is 12.4. The Hall–Kier alpha value is -1.66. The number of hydrogen-bond donors (Lipinski definition) is 1. The Morgan fingerprint density at radius 2 is 2.16 bits per heavy atom. The molecule has 0 spiro atoms. The Balaban J connectivity index is 2.01. The van der Waals surface area contributed by atoms with E-state index in [9.17, 15) is 0 Å². The Morgan fingerprint density at radius 1 is 1.32 bits per heavy atom. The lowest BCUT2D eigenvalue weighted by atomic mass is 10.2. The summed E-state index contributed by atoms with van der Waals surface area (Å²) < 4.78 is 6.37. The fraction of sp³-hybridized carbons (Fsp3) is 0.0769. The second-order valence-corrected chi connectivity index (χ2v) is 5.67. The summed E-state index contributed by atoms with van der Waals surface area (Å²) in [4.78, 5) is 5.42. The minimum absolute atomic E-state index is 0.518. The quantitative estimate of drug-likeness (QED) is 0.776. The summed E-state index contributed by atoms with van der Waals surface area (Å²) in [5.74, 6) is 1.13.